The van der Waals surface area contributed by atoms with Gasteiger partial charge < -0.3 is 10.6 Å². The summed E-state index contributed by atoms with van der Waals surface area (Å²) in [4.78, 5) is 8.38. The Bertz CT molecular complexity index is 306. The van der Waals surface area contributed by atoms with E-state index in [1.54, 1.807) is 6.07 Å². The molecular formula is C9H14Cl2N4. The van der Waals surface area contributed by atoms with Gasteiger partial charge in [0.2, 0.25) is 5.95 Å². The van der Waals surface area contributed by atoms with Crippen LogP contribution >= 0.6 is 24.0 Å². The molecule has 0 aliphatic carbocycles. The number of nitrogens with zero attached hydrogens (tertiary/aromatic N) is 2. The molecule has 2 N–H and O–H groups in total. The molecule has 2 heterocycles. The Morgan fingerprint density at radius 2 is 2.33 bits per heavy atom. The fourth-order valence-corrected chi connectivity index (χ4v) is 1.79. The van der Waals surface area contributed by atoms with E-state index in [0.29, 0.717) is 17.1 Å². The smallest absolute Gasteiger partial charge is 0.224 e. The van der Waals surface area contributed by atoms with E-state index >= 15 is 0 Å². The van der Waals surface area contributed by atoms with Crippen molar-refractivity contribution < 1.29 is 0 Å². The maximum Gasteiger partial charge on any atom is 0.224 e. The SMILES string of the molecule is Cc1cc(Cl)nc(N[C@H]2CCNC2)n1.Cl. The maximum absolute atomic E-state index is 5.83. The standard InChI is InChI=1S/C9H13ClN4.ClH/c1-6-4-8(10)14-9(12-6)13-7-2-3-11-5-7;/h4,7,11H,2-3,5H2,1H3,(H,12,13,14);1H/t7-;/m0./s1. The summed E-state index contributed by atoms with van der Waals surface area (Å²) in [6, 6.07) is 2.17. The molecule has 1 aromatic rings. The van der Waals surface area contributed by atoms with Crippen LogP contribution in [0.25, 0.3) is 0 Å². The summed E-state index contributed by atoms with van der Waals surface area (Å²) in [7, 11) is 0. The van der Waals surface area contributed by atoms with E-state index in [4.69, 9.17) is 11.6 Å². The third-order valence-corrected chi connectivity index (χ3v) is 2.41. The van der Waals surface area contributed by atoms with Crippen LogP contribution in [0.15, 0.2) is 6.07 Å². The number of hydrogen-bond donors (Lipinski definition) is 2. The first-order valence-electron chi connectivity index (χ1n) is 4.72. The molecule has 15 heavy (non-hydrogen) atoms. The van der Waals surface area contributed by atoms with Gasteiger partial charge in [-0.25, -0.2) is 9.97 Å². The first-order chi connectivity index (χ1) is 6.74. The highest BCUT2D eigenvalue weighted by Gasteiger charge is 2.15. The summed E-state index contributed by atoms with van der Waals surface area (Å²) >= 11 is 5.83. The Kier molecular flexibility index (Phi) is 4.57. The zero-order valence-corrected chi connectivity index (χ0v) is 10.0. The van der Waals surface area contributed by atoms with Crippen molar-refractivity contribution in [2.24, 2.45) is 0 Å². The average molecular weight is 249 g/mol. The highest BCUT2D eigenvalue weighted by molar-refractivity contribution is 6.29. The Labute approximate surface area is 100 Å². The van der Waals surface area contributed by atoms with Gasteiger partial charge in [0, 0.05) is 18.3 Å². The molecule has 0 saturated carbocycles. The van der Waals surface area contributed by atoms with E-state index in [2.05, 4.69) is 20.6 Å². The van der Waals surface area contributed by atoms with Crippen molar-refractivity contribution in [2.75, 3.05) is 18.4 Å². The van der Waals surface area contributed by atoms with E-state index in [-0.39, 0.29) is 12.4 Å². The van der Waals surface area contributed by atoms with Crippen LogP contribution in [-0.4, -0.2) is 29.1 Å². The van der Waals surface area contributed by atoms with Crippen LogP contribution < -0.4 is 10.6 Å². The summed E-state index contributed by atoms with van der Waals surface area (Å²) in [5.74, 6) is 0.628. The van der Waals surface area contributed by atoms with E-state index in [0.717, 1.165) is 25.2 Å². The number of hydrogen-bond acceptors (Lipinski definition) is 4. The third-order valence-electron chi connectivity index (χ3n) is 2.22. The summed E-state index contributed by atoms with van der Waals surface area (Å²) in [5, 5.41) is 7.02. The van der Waals surface area contributed by atoms with E-state index in [1.807, 2.05) is 6.92 Å². The number of aryl methyl sites for hydroxylation is 1. The van der Waals surface area contributed by atoms with E-state index in [9.17, 15) is 0 Å². The Morgan fingerprint density at radius 3 is 2.93 bits per heavy atom. The predicted molar refractivity (Wildman–Crippen MR) is 63.9 cm³/mol. The summed E-state index contributed by atoms with van der Waals surface area (Å²) in [6.07, 6.45) is 1.11. The molecule has 0 bridgehead atoms. The van der Waals surface area contributed by atoms with Crippen molar-refractivity contribution >= 4 is 30.0 Å². The number of aromatic nitrogens is 2. The van der Waals surface area contributed by atoms with Gasteiger partial charge in [0.05, 0.1) is 0 Å². The second-order valence-corrected chi connectivity index (χ2v) is 3.88. The van der Waals surface area contributed by atoms with E-state index in [1.165, 1.54) is 0 Å². The van der Waals surface area contributed by atoms with E-state index < -0.39 is 0 Å². The maximum atomic E-state index is 5.83. The quantitative estimate of drug-likeness (QED) is 0.782. The molecule has 1 saturated heterocycles. The lowest BCUT2D eigenvalue weighted by Gasteiger charge is -2.11. The van der Waals surface area contributed by atoms with Crippen LogP contribution in [0.2, 0.25) is 5.15 Å². The molecule has 4 nitrogen and oxygen atoms in total. The fourth-order valence-electron chi connectivity index (χ4n) is 1.56. The number of anilines is 1. The molecule has 2 rings (SSSR count). The molecule has 0 aromatic carbocycles. The van der Waals surface area contributed by atoms with Gasteiger partial charge in [0.15, 0.2) is 0 Å². The molecule has 1 aliphatic heterocycles. The van der Waals surface area contributed by atoms with Gasteiger partial charge in [-0.2, -0.15) is 0 Å². The molecule has 0 amide bonds. The fraction of sp³-hybridized carbons (Fsp3) is 0.556. The molecule has 1 atom stereocenters. The first kappa shape index (κ1) is 12.5. The molecule has 1 fully saturated rings. The van der Waals surface area contributed by atoms with Crippen molar-refractivity contribution in [3.63, 3.8) is 0 Å². The lowest BCUT2D eigenvalue weighted by molar-refractivity contribution is 0.779. The summed E-state index contributed by atoms with van der Waals surface area (Å²) < 4.78 is 0. The Morgan fingerprint density at radius 1 is 1.53 bits per heavy atom. The normalized spacial score (nSPS) is 19.7. The minimum atomic E-state index is 0. The van der Waals surface area contributed by atoms with Crippen LogP contribution in [0.5, 0.6) is 0 Å². The molecule has 1 aromatic heterocycles. The van der Waals surface area contributed by atoms with Gasteiger partial charge in [-0.15, -0.1) is 12.4 Å². The molecule has 0 unspecified atom stereocenters. The second kappa shape index (κ2) is 5.49. The van der Waals surface area contributed by atoms with Crippen molar-refractivity contribution in [3.05, 3.63) is 16.9 Å². The van der Waals surface area contributed by atoms with Crippen LogP contribution in [0.3, 0.4) is 0 Å². The van der Waals surface area contributed by atoms with Gasteiger partial charge in [-0.1, -0.05) is 11.6 Å². The topological polar surface area (TPSA) is 49.8 Å². The highest BCUT2D eigenvalue weighted by atomic mass is 35.5. The van der Waals surface area contributed by atoms with Crippen LogP contribution in [0, 0.1) is 6.92 Å². The molecule has 1 aliphatic rings. The predicted octanol–water partition coefficient (Wildman–Crippen LogP) is 1.63. The number of rotatable bonds is 2. The van der Waals surface area contributed by atoms with Gasteiger partial charge >= 0.3 is 0 Å². The van der Waals surface area contributed by atoms with Crippen LogP contribution in [-0.2, 0) is 0 Å². The zero-order chi connectivity index (χ0) is 9.97. The first-order valence-corrected chi connectivity index (χ1v) is 5.10. The highest BCUT2D eigenvalue weighted by Crippen LogP contribution is 2.11. The van der Waals surface area contributed by atoms with Crippen molar-refractivity contribution in [1.29, 1.82) is 0 Å². The van der Waals surface area contributed by atoms with Crippen molar-refractivity contribution in [3.8, 4) is 0 Å². The molecular weight excluding hydrogens is 235 g/mol. The molecule has 0 spiro atoms. The monoisotopic (exact) mass is 248 g/mol. The van der Waals surface area contributed by atoms with Gasteiger partial charge in [-0.3, -0.25) is 0 Å². The molecule has 0 radical (unpaired) electrons. The molecule has 6 heteroatoms. The lowest BCUT2D eigenvalue weighted by Crippen LogP contribution is -2.23. The number of nitrogens with one attached hydrogen (secondary N) is 2. The lowest BCUT2D eigenvalue weighted by atomic mass is 10.3. The largest absolute Gasteiger partial charge is 0.350 e. The van der Waals surface area contributed by atoms with Gasteiger partial charge in [0.25, 0.3) is 0 Å². The van der Waals surface area contributed by atoms with Crippen LogP contribution in [0.4, 0.5) is 5.95 Å². The minimum absolute atomic E-state index is 0. The molecule has 84 valence electrons. The van der Waals surface area contributed by atoms with Gasteiger partial charge in [0.1, 0.15) is 5.15 Å². The minimum Gasteiger partial charge on any atom is -0.350 e. The average Bonchev–Trinajstić information content (AvgIpc) is 2.54. The third kappa shape index (κ3) is 3.48. The van der Waals surface area contributed by atoms with Crippen molar-refractivity contribution in [1.82, 2.24) is 15.3 Å². The van der Waals surface area contributed by atoms with Crippen LogP contribution in [0.1, 0.15) is 12.1 Å². The number of halogens is 2. The Hall–Kier alpha value is -0.580. The Balaban J connectivity index is 0.00000112. The van der Waals surface area contributed by atoms with Gasteiger partial charge in [-0.05, 0) is 26.0 Å². The zero-order valence-electron chi connectivity index (χ0n) is 8.46. The second-order valence-electron chi connectivity index (χ2n) is 3.49. The summed E-state index contributed by atoms with van der Waals surface area (Å²) in [5.41, 5.74) is 0.887. The summed E-state index contributed by atoms with van der Waals surface area (Å²) in [6.45, 7) is 3.93. The van der Waals surface area contributed by atoms with Crippen molar-refractivity contribution in [2.45, 2.75) is 19.4 Å².